The largest absolute Gasteiger partial charge is 0.496 e. The lowest BCUT2D eigenvalue weighted by Crippen LogP contribution is -2.10. The van der Waals surface area contributed by atoms with Crippen molar-refractivity contribution in [2.45, 2.75) is 39.7 Å². The Kier molecular flexibility index (Phi) is 4.01. The fourth-order valence-corrected chi connectivity index (χ4v) is 1.61. The fourth-order valence-electron chi connectivity index (χ4n) is 1.61. The monoisotopic (exact) mass is 207 g/mol. The van der Waals surface area contributed by atoms with Crippen LogP contribution in [-0.4, -0.2) is 13.2 Å². The van der Waals surface area contributed by atoms with E-state index in [0.29, 0.717) is 12.0 Å². The number of ether oxygens (including phenoxy) is 1. The van der Waals surface area contributed by atoms with E-state index in [2.05, 4.69) is 45.1 Å². The van der Waals surface area contributed by atoms with Crippen LogP contribution in [-0.2, 0) is 0 Å². The van der Waals surface area contributed by atoms with E-state index in [9.17, 15) is 0 Å². The summed E-state index contributed by atoms with van der Waals surface area (Å²) in [6.45, 7) is 8.63. The lowest BCUT2D eigenvalue weighted by atomic mass is 10.0. The number of rotatable bonds is 4. The minimum atomic E-state index is 0.457. The highest BCUT2D eigenvalue weighted by molar-refractivity contribution is 5.52. The Morgan fingerprint density at radius 1 is 1.13 bits per heavy atom. The van der Waals surface area contributed by atoms with E-state index in [4.69, 9.17) is 4.74 Å². The van der Waals surface area contributed by atoms with Gasteiger partial charge in [-0.05, 0) is 43.5 Å². The molecule has 15 heavy (non-hydrogen) atoms. The summed E-state index contributed by atoms with van der Waals surface area (Å²) in [7, 11) is 1.72. The van der Waals surface area contributed by atoms with Gasteiger partial charge in [0.2, 0.25) is 0 Å². The maximum absolute atomic E-state index is 5.34. The quantitative estimate of drug-likeness (QED) is 0.814. The maximum Gasteiger partial charge on any atom is 0.122 e. The Bertz CT molecular complexity index is 318. The van der Waals surface area contributed by atoms with Crippen molar-refractivity contribution in [2.75, 3.05) is 12.4 Å². The Labute approximate surface area is 92.6 Å². The van der Waals surface area contributed by atoms with E-state index >= 15 is 0 Å². The minimum absolute atomic E-state index is 0.457. The van der Waals surface area contributed by atoms with Crippen molar-refractivity contribution in [1.82, 2.24) is 0 Å². The molecule has 0 amide bonds. The van der Waals surface area contributed by atoms with Crippen molar-refractivity contribution in [1.29, 1.82) is 0 Å². The maximum atomic E-state index is 5.34. The first-order valence-corrected chi connectivity index (χ1v) is 5.49. The normalized spacial score (nSPS) is 10.9. The topological polar surface area (TPSA) is 21.3 Å². The molecule has 2 heteroatoms. The molecule has 2 nitrogen and oxygen atoms in total. The summed E-state index contributed by atoms with van der Waals surface area (Å²) >= 11 is 0. The standard InChI is InChI=1S/C13H21NO/c1-9(2)12-8-11(14-10(3)4)6-7-13(12)15-5/h6-10,14H,1-5H3. The first kappa shape index (κ1) is 11.9. The second-order valence-electron chi connectivity index (χ2n) is 4.41. The van der Waals surface area contributed by atoms with Crippen LogP contribution in [0.2, 0.25) is 0 Å². The van der Waals surface area contributed by atoms with Crippen molar-refractivity contribution in [3.05, 3.63) is 23.8 Å². The van der Waals surface area contributed by atoms with Crippen LogP contribution in [0.25, 0.3) is 0 Å². The molecular weight excluding hydrogens is 186 g/mol. The summed E-state index contributed by atoms with van der Waals surface area (Å²) in [5.41, 5.74) is 2.41. The van der Waals surface area contributed by atoms with Gasteiger partial charge in [-0.1, -0.05) is 13.8 Å². The Morgan fingerprint density at radius 2 is 1.80 bits per heavy atom. The van der Waals surface area contributed by atoms with E-state index in [1.807, 2.05) is 6.07 Å². The van der Waals surface area contributed by atoms with Gasteiger partial charge in [0.25, 0.3) is 0 Å². The van der Waals surface area contributed by atoms with Crippen LogP contribution in [0, 0.1) is 0 Å². The van der Waals surface area contributed by atoms with Crippen LogP contribution in [0.1, 0.15) is 39.2 Å². The summed E-state index contributed by atoms with van der Waals surface area (Å²) in [5.74, 6) is 1.45. The number of hydrogen-bond acceptors (Lipinski definition) is 2. The van der Waals surface area contributed by atoms with E-state index in [1.54, 1.807) is 7.11 Å². The van der Waals surface area contributed by atoms with Gasteiger partial charge in [0.05, 0.1) is 7.11 Å². The van der Waals surface area contributed by atoms with Crippen molar-refractivity contribution in [3.63, 3.8) is 0 Å². The fraction of sp³-hybridized carbons (Fsp3) is 0.538. The lowest BCUT2D eigenvalue weighted by molar-refractivity contribution is 0.407. The molecule has 0 saturated carbocycles. The molecule has 1 N–H and O–H groups in total. The zero-order valence-electron chi connectivity index (χ0n) is 10.3. The summed E-state index contributed by atoms with van der Waals surface area (Å²) in [5, 5.41) is 3.40. The highest BCUT2D eigenvalue weighted by Crippen LogP contribution is 2.29. The first-order valence-electron chi connectivity index (χ1n) is 5.49. The third-order valence-corrected chi connectivity index (χ3v) is 2.31. The van der Waals surface area contributed by atoms with E-state index in [0.717, 1.165) is 11.4 Å². The molecule has 0 aromatic heterocycles. The van der Waals surface area contributed by atoms with Gasteiger partial charge < -0.3 is 10.1 Å². The molecule has 1 aromatic carbocycles. The van der Waals surface area contributed by atoms with Gasteiger partial charge in [-0.3, -0.25) is 0 Å². The van der Waals surface area contributed by atoms with Crippen molar-refractivity contribution < 1.29 is 4.74 Å². The third-order valence-electron chi connectivity index (χ3n) is 2.31. The van der Waals surface area contributed by atoms with E-state index in [1.165, 1.54) is 5.56 Å². The molecule has 0 bridgehead atoms. The van der Waals surface area contributed by atoms with Crippen LogP contribution < -0.4 is 10.1 Å². The molecule has 0 spiro atoms. The molecular formula is C13H21NO. The highest BCUT2D eigenvalue weighted by atomic mass is 16.5. The molecule has 1 aromatic rings. The zero-order chi connectivity index (χ0) is 11.4. The number of benzene rings is 1. The van der Waals surface area contributed by atoms with Gasteiger partial charge in [-0.25, -0.2) is 0 Å². The van der Waals surface area contributed by atoms with Gasteiger partial charge in [-0.15, -0.1) is 0 Å². The SMILES string of the molecule is COc1ccc(NC(C)C)cc1C(C)C. The molecule has 0 aliphatic heterocycles. The first-order chi connectivity index (χ1) is 7.04. The van der Waals surface area contributed by atoms with Crippen LogP contribution >= 0.6 is 0 Å². The highest BCUT2D eigenvalue weighted by Gasteiger charge is 2.08. The van der Waals surface area contributed by atoms with E-state index < -0.39 is 0 Å². The zero-order valence-corrected chi connectivity index (χ0v) is 10.3. The van der Waals surface area contributed by atoms with Gasteiger partial charge >= 0.3 is 0 Å². The predicted molar refractivity (Wildman–Crippen MR) is 65.8 cm³/mol. The molecule has 0 heterocycles. The van der Waals surface area contributed by atoms with Crippen molar-refractivity contribution in [2.24, 2.45) is 0 Å². The van der Waals surface area contributed by atoms with Gasteiger partial charge in [0.15, 0.2) is 0 Å². The predicted octanol–water partition coefficient (Wildman–Crippen LogP) is 3.64. The van der Waals surface area contributed by atoms with Gasteiger partial charge in [-0.2, -0.15) is 0 Å². The Morgan fingerprint density at radius 3 is 2.27 bits per heavy atom. The van der Waals surface area contributed by atoms with Crippen LogP contribution in [0.4, 0.5) is 5.69 Å². The molecule has 0 fully saturated rings. The number of nitrogens with one attached hydrogen (secondary N) is 1. The number of methoxy groups -OCH3 is 1. The molecule has 0 atom stereocenters. The van der Waals surface area contributed by atoms with E-state index in [-0.39, 0.29) is 0 Å². The number of hydrogen-bond donors (Lipinski definition) is 1. The molecule has 84 valence electrons. The van der Waals surface area contributed by atoms with Gasteiger partial charge in [0, 0.05) is 11.7 Å². The summed E-state index contributed by atoms with van der Waals surface area (Å²) < 4.78 is 5.34. The molecule has 0 aliphatic rings. The molecule has 0 aliphatic carbocycles. The number of anilines is 1. The van der Waals surface area contributed by atoms with Crippen LogP contribution in [0.3, 0.4) is 0 Å². The summed E-state index contributed by atoms with van der Waals surface area (Å²) in [6, 6.07) is 6.72. The van der Waals surface area contributed by atoms with Crippen molar-refractivity contribution in [3.8, 4) is 5.75 Å². The molecule has 1 rings (SSSR count). The average Bonchev–Trinajstić information content (AvgIpc) is 2.16. The summed E-state index contributed by atoms with van der Waals surface area (Å²) in [6.07, 6.45) is 0. The minimum Gasteiger partial charge on any atom is -0.496 e. The Hall–Kier alpha value is -1.18. The Balaban J connectivity index is 2.99. The smallest absolute Gasteiger partial charge is 0.122 e. The van der Waals surface area contributed by atoms with Crippen molar-refractivity contribution >= 4 is 5.69 Å². The molecule has 0 saturated heterocycles. The third kappa shape index (κ3) is 3.15. The lowest BCUT2D eigenvalue weighted by Gasteiger charge is -2.16. The molecule has 0 radical (unpaired) electrons. The van der Waals surface area contributed by atoms with Crippen LogP contribution in [0.15, 0.2) is 18.2 Å². The average molecular weight is 207 g/mol. The molecule has 0 unspecified atom stereocenters. The second kappa shape index (κ2) is 5.06. The summed E-state index contributed by atoms with van der Waals surface area (Å²) in [4.78, 5) is 0. The van der Waals surface area contributed by atoms with Crippen LogP contribution in [0.5, 0.6) is 5.75 Å². The van der Waals surface area contributed by atoms with Gasteiger partial charge in [0.1, 0.15) is 5.75 Å². The second-order valence-corrected chi connectivity index (χ2v) is 4.41.